The van der Waals surface area contributed by atoms with E-state index in [2.05, 4.69) is 32.1 Å². The first-order valence-corrected chi connectivity index (χ1v) is 10.1. The number of nitrogen functional groups attached to an aromatic ring is 1. The second-order valence-corrected chi connectivity index (χ2v) is 8.38. The first kappa shape index (κ1) is 17.5. The molecular weight excluding hydrogens is 328 g/mol. The Labute approximate surface area is 155 Å². The molecule has 3 aliphatic rings. The number of hydrogen-bond acceptors (Lipinski definition) is 6. The topological polar surface area (TPSA) is 97.0 Å². The number of nitrogens with one attached hydrogen (secondary N) is 1. The number of carbonyl (C=O) groups excluding carboxylic acids is 1. The van der Waals surface area contributed by atoms with E-state index in [1.54, 1.807) is 0 Å². The molecule has 3 N–H and O–H groups in total. The molecular formula is C19H30N6O. The number of nitrogens with zero attached hydrogens (tertiary/aromatic N) is 4. The first-order chi connectivity index (χ1) is 12.5. The number of nitrogens with two attached hydrogens (primary N) is 1. The minimum Gasteiger partial charge on any atom is -0.368 e. The molecule has 1 amide bonds. The molecule has 7 heteroatoms. The Morgan fingerprint density at radius 1 is 1.27 bits per heavy atom. The number of carbonyl (C=O) groups is 1. The Kier molecular flexibility index (Phi) is 4.49. The monoisotopic (exact) mass is 358 g/mol. The lowest BCUT2D eigenvalue weighted by atomic mass is 9.74. The molecule has 26 heavy (non-hydrogen) atoms. The summed E-state index contributed by atoms with van der Waals surface area (Å²) in [6.07, 6.45) is 7.51. The molecule has 2 saturated carbocycles. The molecule has 0 bridgehead atoms. The Hall–Kier alpha value is -1.92. The Morgan fingerprint density at radius 2 is 2.00 bits per heavy atom. The van der Waals surface area contributed by atoms with Gasteiger partial charge >= 0.3 is 0 Å². The van der Waals surface area contributed by atoms with E-state index < -0.39 is 0 Å². The van der Waals surface area contributed by atoms with Crippen LogP contribution in [0.3, 0.4) is 0 Å². The number of aryl methyl sites for hydroxylation is 1. The van der Waals surface area contributed by atoms with E-state index >= 15 is 0 Å². The number of anilines is 2. The zero-order chi connectivity index (χ0) is 18.3. The van der Waals surface area contributed by atoms with Gasteiger partial charge in [-0.25, -0.2) is 0 Å². The largest absolute Gasteiger partial charge is 0.368 e. The predicted octanol–water partition coefficient (Wildman–Crippen LogP) is 2.25. The highest BCUT2D eigenvalue weighted by atomic mass is 16.2. The molecule has 1 spiro atoms. The minimum atomic E-state index is 0.250. The van der Waals surface area contributed by atoms with Crippen LogP contribution in [0.1, 0.15) is 58.2 Å². The molecule has 0 radical (unpaired) electrons. The second kappa shape index (κ2) is 6.67. The number of piperidine rings is 1. The summed E-state index contributed by atoms with van der Waals surface area (Å²) in [7, 11) is 0. The molecule has 1 aromatic heterocycles. The molecule has 2 heterocycles. The fourth-order valence-corrected chi connectivity index (χ4v) is 4.85. The number of amides is 1. The summed E-state index contributed by atoms with van der Waals surface area (Å²) in [6.45, 7) is 5.97. The second-order valence-electron chi connectivity index (χ2n) is 8.38. The third-order valence-corrected chi connectivity index (χ3v) is 6.72. The molecule has 1 aliphatic heterocycles. The zero-order valence-corrected chi connectivity index (χ0v) is 15.9. The summed E-state index contributed by atoms with van der Waals surface area (Å²) in [5.74, 6) is 2.87. The molecule has 1 saturated heterocycles. The predicted molar refractivity (Wildman–Crippen MR) is 100 cm³/mol. The Bertz CT molecular complexity index is 685. The van der Waals surface area contributed by atoms with Crippen LogP contribution in [0.4, 0.5) is 11.9 Å². The molecule has 7 nitrogen and oxygen atoms in total. The van der Waals surface area contributed by atoms with E-state index in [0.717, 1.165) is 51.0 Å². The summed E-state index contributed by atoms with van der Waals surface area (Å²) in [6, 6.07) is 0.353. The lowest BCUT2D eigenvalue weighted by Crippen LogP contribution is -2.48. The number of rotatable bonds is 4. The van der Waals surface area contributed by atoms with Crippen LogP contribution in [0, 0.1) is 17.3 Å². The summed E-state index contributed by atoms with van der Waals surface area (Å²) in [4.78, 5) is 27.6. The van der Waals surface area contributed by atoms with Crippen LogP contribution in [-0.4, -0.2) is 44.9 Å². The van der Waals surface area contributed by atoms with Gasteiger partial charge in [0, 0.05) is 31.5 Å². The first-order valence-electron chi connectivity index (χ1n) is 10.1. The average molecular weight is 358 g/mol. The third kappa shape index (κ3) is 3.23. The van der Waals surface area contributed by atoms with Crippen molar-refractivity contribution in [3.63, 3.8) is 0 Å². The van der Waals surface area contributed by atoms with E-state index in [1.165, 1.54) is 12.8 Å². The van der Waals surface area contributed by atoms with Crippen molar-refractivity contribution < 1.29 is 4.79 Å². The molecule has 2 aliphatic carbocycles. The molecule has 0 aromatic carbocycles. The Balaban J connectivity index is 1.42. The maximum Gasteiger partial charge on any atom is 0.227 e. The fourth-order valence-electron chi connectivity index (χ4n) is 4.85. The van der Waals surface area contributed by atoms with Gasteiger partial charge in [-0.2, -0.15) is 15.0 Å². The van der Waals surface area contributed by atoms with E-state index in [9.17, 15) is 4.79 Å². The van der Waals surface area contributed by atoms with E-state index in [-0.39, 0.29) is 11.4 Å². The normalized spacial score (nSPS) is 29.8. The standard InChI is InChI=1S/C19H30N6O/c1-3-15-22-17(20)24-18(23-15)21-14-5-4-6-19(14)7-9-25(10-8-19)16(26)13-11-12(13)2/h12-14H,3-11H2,1-2H3,(H3,20,21,22,23,24)/t12-,13-,14?/m0/s1. The number of hydrogen-bond donors (Lipinski definition) is 2. The molecule has 3 fully saturated rings. The number of likely N-dealkylation sites (tertiary alicyclic amines) is 1. The minimum absolute atomic E-state index is 0.250. The molecule has 142 valence electrons. The van der Waals surface area contributed by atoms with Crippen molar-refractivity contribution in [1.82, 2.24) is 19.9 Å². The van der Waals surface area contributed by atoms with Gasteiger partial charge in [0.1, 0.15) is 5.82 Å². The van der Waals surface area contributed by atoms with Crippen LogP contribution >= 0.6 is 0 Å². The van der Waals surface area contributed by atoms with Gasteiger partial charge in [0.05, 0.1) is 0 Å². The van der Waals surface area contributed by atoms with Gasteiger partial charge in [0.15, 0.2) is 0 Å². The van der Waals surface area contributed by atoms with E-state index in [1.807, 2.05) is 6.92 Å². The summed E-state index contributed by atoms with van der Waals surface area (Å²) in [5.41, 5.74) is 6.08. The quantitative estimate of drug-likeness (QED) is 0.857. The van der Waals surface area contributed by atoms with Crippen molar-refractivity contribution in [2.75, 3.05) is 24.1 Å². The van der Waals surface area contributed by atoms with Gasteiger partial charge in [0.25, 0.3) is 0 Å². The maximum atomic E-state index is 12.5. The van der Waals surface area contributed by atoms with E-state index in [4.69, 9.17) is 5.73 Å². The van der Waals surface area contributed by atoms with Gasteiger partial charge in [-0.05, 0) is 43.4 Å². The highest BCUT2D eigenvalue weighted by Gasteiger charge is 2.48. The highest BCUT2D eigenvalue weighted by molar-refractivity contribution is 5.81. The van der Waals surface area contributed by atoms with Gasteiger partial charge in [-0.1, -0.05) is 20.3 Å². The van der Waals surface area contributed by atoms with Crippen molar-refractivity contribution in [3.8, 4) is 0 Å². The van der Waals surface area contributed by atoms with Crippen LogP contribution in [-0.2, 0) is 11.2 Å². The van der Waals surface area contributed by atoms with Crippen molar-refractivity contribution in [2.45, 2.75) is 64.8 Å². The van der Waals surface area contributed by atoms with Gasteiger partial charge in [-0.3, -0.25) is 4.79 Å². The zero-order valence-electron chi connectivity index (χ0n) is 15.9. The lowest BCUT2D eigenvalue weighted by Gasteiger charge is -2.43. The fraction of sp³-hybridized carbons (Fsp3) is 0.789. The van der Waals surface area contributed by atoms with Crippen molar-refractivity contribution in [3.05, 3.63) is 5.82 Å². The Morgan fingerprint density at radius 3 is 2.65 bits per heavy atom. The van der Waals surface area contributed by atoms with Crippen LogP contribution in [0.25, 0.3) is 0 Å². The van der Waals surface area contributed by atoms with Crippen LogP contribution in [0.5, 0.6) is 0 Å². The highest BCUT2D eigenvalue weighted by Crippen LogP contribution is 2.48. The van der Waals surface area contributed by atoms with Crippen molar-refractivity contribution in [2.24, 2.45) is 17.3 Å². The summed E-state index contributed by atoms with van der Waals surface area (Å²) < 4.78 is 0. The smallest absolute Gasteiger partial charge is 0.227 e. The molecule has 1 unspecified atom stereocenters. The van der Waals surface area contributed by atoms with Gasteiger partial charge in [0.2, 0.25) is 17.8 Å². The average Bonchev–Trinajstić information content (AvgIpc) is 3.25. The van der Waals surface area contributed by atoms with Crippen LogP contribution in [0.15, 0.2) is 0 Å². The van der Waals surface area contributed by atoms with Crippen LogP contribution in [0.2, 0.25) is 0 Å². The lowest BCUT2D eigenvalue weighted by molar-refractivity contribution is -0.135. The number of aromatic nitrogens is 3. The van der Waals surface area contributed by atoms with Crippen LogP contribution < -0.4 is 11.1 Å². The SMILES string of the molecule is CCc1nc(N)nc(NC2CCCC23CCN(C(=O)[C@H]2C[C@@H]2C)CC3)n1. The summed E-state index contributed by atoms with van der Waals surface area (Å²) in [5, 5.41) is 3.56. The van der Waals surface area contributed by atoms with Gasteiger partial charge in [-0.15, -0.1) is 0 Å². The third-order valence-electron chi connectivity index (χ3n) is 6.72. The molecule has 3 atom stereocenters. The van der Waals surface area contributed by atoms with E-state index in [0.29, 0.717) is 29.7 Å². The van der Waals surface area contributed by atoms with Gasteiger partial charge < -0.3 is 16.0 Å². The maximum absolute atomic E-state index is 12.5. The van der Waals surface area contributed by atoms with Crippen molar-refractivity contribution in [1.29, 1.82) is 0 Å². The molecule has 1 aromatic rings. The van der Waals surface area contributed by atoms with Crippen molar-refractivity contribution >= 4 is 17.8 Å². The summed E-state index contributed by atoms with van der Waals surface area (Å²) >= 11 is 0. The molecule has 4 rings (SSSR count).